The number of nitrogens with zero attached hydrogens (tertiary/aromatic N) is 2. The number of alkyl halides is 3. The SMILES string of the molecule is CCCn1nccc1C(=O)Nc1ccc(Br)cc1C(F)(F)F. The summed E-state index contributed by atoms with van der Waals surface area (Å²) >= 11 is 3.00. The number of carbonyl (C=O) groups excluding carboxylic acids is 1. The van der Waals surface area contributed by atoms with E-state index in [1.807, 2.05) is 6.92 Å². The van der Waals surface area contributed by atoms with Crippen molar-refractivity contribution in [2.45, 2.75) is 26.1 Å². The minimum atomic E-state index is -4.56. The van der Waals surface area contributed by atoms with Gasteiger partial charge < -0.3 is 5.32 Å². The van der Waals surface area contributed by atoms with Gasteiger partial charge >= 0.3 is 6.18 Å². The molecule has 118 valence electrons. The van der Waals surface area contributed by atoms with E-state index in [4.69, 9.17) is 0 Å². The van der Waals surface area contributed by atoms with E-state index < -0.39 is 17.6 Å². The standard InChI is InChI=1S/C14H13BrF3N3O/c1-2-7-21-12(5-6-19-21)13(22)20-11-4-3-9(15)8-10(11)14(16,17)18/h3-6,8H,2,7H2,1H3,(H,20,22). The van der Waals surface area contributed by atoms with Gasteiger partial charge in [-0.25, -0.2) is 0 Å². The normalized spacial score (nSPS) is 11.5. The van der Waals surface area contributed by atoms with E-state index in [2.05, 4.69) is 26.3 Å². The molecule has 0 saturated carbocycles. The molecule has 1 N–H and O–H groups in total. The van der Waals surface area contributed by atoms with Gasteiger partial charge in [-0.3, -0.25) is 9.48 Å². The van der Waals surface area contributed by atoms with Crippen LogP contribution in [-0.4, -0.2) is 15.7 Å². The molecule has 0 bridgehead atoms. The monoisotopic (exact) mass is 375 g/mol. The van der Waals surface area contributed by atoms with E-state index in [-0.39, 0.29) is 15.9 Å². The van der Waals surface area contributed by atoms with Gasteiger partial charge in [-0.05, 0) is 30.7 Å². The summed E-state index contributed by atoms with van der Waals surface area (Å²) in [6, 6.07) is 5.05. The van der Waals surface area contributed by atoms with Crippen molar-refractivity contribution < 1.29 is 18.0 Å². The number of carbonyl (C=O) groups is 1. The Morgan fingerprint density at radius 2 is 2.09 bits per heavy atom. The minimum Gasteiger partial charge on any atom is -0.320 e. The van der Waals surface area contributed by atoms with Crippen molar-refractivity contribution in [1.29, 1.82) is 0 Å². The minimum absolute atomic E-state index is 0.220. The Morgan fingerprint density at radius 1 is 1.36 bits per heavy atom. The molecule has 0 spiro atoms. The predicted octanol–water partition coefficient (Wildman–Crippen LogP) is 4.33. The van der Waals surface area contributed by atoms with E-state index in [0.717, 1.165) is 12.5 Å². The molecule has 1 amide bonds. The summed E-state index contributed by atoms with van der Waals surface area (Å²) in [4.78, 5) is 12.2. The summed E-state index contributed by atoms with van der Waals surface area (Å²) in [5.74, 6) is -0.626. The zero-order valence-electron chi connectivity index (χ0n) is 11.6. The first kappa shape index (κ1) is 16.5. The third-order valence-electron chi connectivity index (χ3n) is 2.92. The van der Waals surface area contributed by atoms with Gasteiger partial charge in [0, 0.05) is 17.2 Å². The lowest BCUT2D eigenvalue weighted by Gasteiger charge is -2.14. The number of halogens is 4. The Balaban J connectivity index is 2.31. The lowest BCUT2D eigenvalue weighted by Crippen LogP contribution is -2.20. The number of rotatable bonds is 4. The largest absolute Gasteiger partial charge is 0.418 e. The second kappa shape index (κ2) is 6.51. The number of aromatic nitrogens is 2. The van der Waals surface area contributed by atoms with Crippen LogP contribution < -0.4 is 5.32 Å². The van der Waals surface area contributed by atoms with Gasteiger partial charge in [-0.1, -0.05) is 22.9 Å². The highest BCUT2D eigenvalue weighted by atomic mass is 79.9. The summed E-state index contributed by atoms with van der Waals surface area (Å²) in [7, 11) is 0. The average Bonchev–Trinajstić information content (AvgIpc) is 2.88. The summed E-state index contributed by atoms with van der Waals surface area (Å²) in [6.07, 6.45) is -2.36. The van der Waals surface area contributed by atoms with Crippen LogP contribution in [0.2, 0.25) is 0 Å². The van der Waals surface area contributed by atoms with Crippen molar-refractivity contribution in [3.05, 3.63) is 46.2 Å². The number of aryl methyl sites for hydroxylation is 1. The molecule has 2 aromatic rings. The molecular formula is C14H13BrF3N3O. The van der Waals surface area contributed by atoms with Crippen LogP contribution in [0, 0.1) is 0 Å². The summed E-state index contributed by atoms with van der Waals surface area (Å²) in [5, 5.41) is 6.28. The Kier molecular flexibility index (Phi) is 4.90. The Hall–Kier alpha value is -1.83. The van der Waals surface area contributed by atoms with Crippen molar-refractivity contribution in [2.75, 3.05) is 5.32 Å². The van der Waals surface area contributed by atoms with Gasteiger partial charge in [0.05, 0.1) is 11.3 Å². The third kappa shape index (κ3) is 3.68. The molecule has 4 nitrogen and oxygen atoms in total. The van der Waals surface area contributed by atoms with Crippen LogP contribution in [0.25, 0.3) is 0 Å². The molecule has 0 aliphatic rings. The van der Waals surface area contributed by atoms with Crippen LogP contribution in [0.3, 0.4) is 0 Å². The molecular weight excluding hydrogens is 363 g/mol. The molecule has 0 fully saturated rings. The van der Waals surface area contributed by atoms with Crippen LogP contribution in [0.1, 0.15) is 29.4 Å². The second-order valence-electron chi connectivity index (χ2n) is 4.58. The molecule has 0 radical (unpaired) electrons. The lowest BCUT2D eigenvalue weighted by atomic mass is 10.1. The first-order valence-electron chi connectivity index (χ1n) is 6.53. The fourth-order valence-corrected chi connectivity index (χ4v) is 2.32. The summed E-state index contributed by atoms with van der Waals surface area (Å²) in [6.45, 7) is 2.43. The highest BCUT2D eigenvalue weighted by Crippen LogP contribution is 2.36. The number of hydrogen-bond donors (Lipinski definition) is 1. The molecule has 0 aliphatic heterocycles. The van der Waals surface area contributed by atoms with Gasteiger partial charge in [0.2, 0.25) is 0 Å². The molecule has 1 aromatic carbocycles. The average molecular weight is 376 g/mol. The fourth-order valence-electron chi connectivity index (χ4n) is 1.96. The number of amides is 1. The first-order chi connectivity index (χ1) is 10.3. The van der Waals surface area contributed by atoms with E-state index >= 15 is 0 Å². The molecule has 1 heterocycles. The van der Waals surface area contributed by atoms with Gasteiger partial charge in [0.15, 0.2) is 0 Å². The zero-order chi connectivity index (χ0) is 16.3. The summed E-state index contributed by atoms with van der Waals surface area (Å²) in [5.41, 5.74) is -0.973. The fraction of sp³-hybridized carbons (Fsp3) is 0.286. The van der Waals surface area contributed by atoms with Crippen LogP contribution >= 0.6 is 15.9 Å². The lowest BCUT2D eigenvalue weighted by molar-refractivity contribution is -0.136. The van der Waals surface area contributed by atoms with Crippen molar-refractivity contribution in [2.24, 2.45) is 0 Å². The van der Waals surface area contributed by atoms with E-state index in [1.54, 1.807) is 0 Å². The number of hydrogen-bond acceptors (Lipinski definition) is 2. The molecule has 1 aromatic heterocycles. The topological polar surface area (TPSA) is 46.9 Å². The maximum atomic E-state index is 13.0. The summed E-state index contributed by atoms with van der Waals surface area (Å²) < 4.78 is 40.8. The Morgan fingerprint density at radius 3 is 2.73 bits per heavy atom. The molecule has 0 saturated heterocycles. The van der Waals surface area contributed by atoms with Gasteiger partial charge in [0.1, 0.15) is 5.69 Å². The van der Waals surface area contributed by atoms with Crippen molar-refractivity contribution in [1.82, 2.24) is 9.78 Å². The van der Waals surface area contributed by atoms with Crippen molar-refractivity contribution >= 4 is 27.5 Å². The molecule has 0 unspecified atom stereocenters. The zero-order valence-corrected chi connectivity index (χ0v) is 13.2. The van der Waals surface area contributed by atoms with E-state index in [9.17, 15) is 18.0 Å². The first-order valence-corrected chi connectivity index (χ1v) is 7.32. The van der Waals surface area contributed by atoms with Gasteiger partial charge in [-0.2, -0.15) is 18.3 Å². The number of benzene rings is 1. The van der Waals surface area contributed by atoms with Gasteiger partial charge in [-0.15, -0.1) is 0 Å². The molecule has 8 heteroatoms. The maximum absolute atomic E-state index is 13.0. The smallest absolute Gasteiger partial charge is 0.320 e. The van der Waals surface area contributed by atoms with E-state index in [0.29, 0.717) is 6.54 Å². The molecule has 22 heavy (non-hydrogen) atoms. The third-order valence-corrected chi connectivity index (χ3v) is 3.41. The number of anilines is 1. The van der Waals surface area contributed by atoms with Crippen molar-refractivity contribution in [3.63, 3.8) is 0 Å². The molecule has 0 aliphatic carbocycles. The van der Waals surface area contributed by atoms with E-state index in [1.165, 1.54) is 29.1 Å². The van der Waals surface area contributed by atoms with Crippen LogP contribution in [-0.2, 0) is 12.7 Å². The Bertz CT molecular complexity index is 682. The maximum Gasteiger partial charge on any atom is 0.418 e. The predicted molar refractivity (Wildman–Crippen MR) is 79.6 cm³/mol. The molecule has 0 atom stereocenters. The number of nitrogens with one attached hydrogen (secondary N) is 1. The van der Waals surface area contributed by atoms with Crippen LogP contribution in [0.15, 0.2) is 34.9 Å². The van der Waals surface area contributed by atoms with Crippen LogP contribution in [0.4, 0.5) is 18.9 Å². The van der Waals surface area contributed by atoms with Gasteiger partial charge in [0.25, 0.3) is 5.91 Å². The quantitative estimate of drug-likeness (QED) is 0.864. The molecule has 2 rings (SSSR count). The second-order valence-corrected chi connectivity index (χ2v) is 5.50. The Labute approximate surface area is 133 Å². The van der Waals surface area contributed by atoms with Crippen molar-refractivity contribution in [3.8, 4) is 0 Å². The highest BCUT2D eigenvalue weighted by Gasteiger charge is 2.34. The highest BCUT2D eigenvalue weighted by molar-refractivity contribution is 9.10. The van der Waals surface area contributed by atoms with Crippen LogP contribution in [0.5, 0.6) is 0 Å².